The minimum Gasteiger partial charge on any atom is -0.494 e. The van der Waals surface area contributed by atoms with Crippen LogP contribution in [0.4, 0.5) is 5.82 Å². The number of aliphatic hydroxyl groups is 1. The van der Waals surface area contributed by atoms with Crippen molar-refractivity contribution in [2.45, 2.75) is 6.61 Å². The van der Waals surface area contributed by atoms with Gasteiger partial charge in [0.05, 0.1) is 27.9 Å². The lowest BCUT2D eigenvalue weighted by atomic mass is 10.0. The molecule has 27 heavy (non-hydrogen) atoms. The summed E-state index contributed by atoms with van der Waals surface area (Å²) >= 11 is 0. The highest BCUT2D eigenvalue weighted by molar-refractivity contribution is 5.93. The highest BCUT2D eigenvalue weighted by atomic mass is 16.5. The summed E-state index contributed by atoms with van der Waals surface area (Å²) in [5, 5.41) is 10.5. The molecule has 0 radical (unpaired) electrons. The number of fused-ring (bicyclic) bond motifs is 1. The average Bonchev–Trinajstić information content (AvgIpc) is 2.70. The van der Waals surface area contributed by atoms with Gasteiger partial charge in [-0.05, 0) is 23.8 Å². The zero-order valence-corrected chi connectivity index (χ0v) is 16.2. The molecule has 6 heteroatoms. The van der Waals surface area contributed by atoms with Crippen LogP contribution in [-0.4, -0.2) is 45.5 Å². The molecule has 0 amide bonds. The van der Waals surface area contributed by atoms with Crippen LogP contribution in [0.1, 0.15) is 5.56 Å². The number of aliphatic hydroxyl groups excluding tert-OH is 1. The number of rotatable bonds is 6. The van der Waals surface area contributed by atoms with E-state index in [1.165, 1.54) is 0 Å². The fraction of sp³-hybridized carbons (Fsp3) is 0.286. The van der Waals surface area contributed by atoms with E-state index in [2.05, 4.69) is 6.07 Å². The highest BCUT2D eigenvalue weighted by Crippen LogP contribution is 2.39. The van der Waals surface area contributed by atoms with Gasteiger partial charge in [0.1, 0.15) is 11.3 Å². The van der Waals surface area contributed by atoms with Crippen LogP contribution in [0.5, 0.6) is 17.2 Å². The number of hydrogen-bond donors (Lipinski definition) is 1. The monoisotopic (exact) mass is 368 g/mol. The summed E-state index contributed by atoms with van der Waals surface area (Å²) in [4.78, 5) is 6.80. The molecule has 0 spiro atoms. The summed E-state index contributed by atoms with van der Waals surface area (Å²) < 4.78 is 16.3. The quantitative estimate of drug-likeness (QED) is 0.719. The summed E-state index contributed by atoms with van der Waals surface area (Å²) in [6.45, 7) is -0.102. The molecule has 3 rings (SSSR count). The first kappa shape index (κ1) is 18.8. The molecule has 2 aromatic carbocycles. The lowest BCUT2D eigenvalue weighted by Crippen LogP contribution is -2.12. The zero-order valence-electron chi connectivity index (χ0n) is 16.2. The Morgan fingerprint density at radius 3 is 2.26 bits per heavy atom. The molecule has 0 aliphatic heterocycles. The normalized spacial score (nSPS) is 10.7. The number of nitrogens with zero attached hydrogens (tertiary/aromatic N) is 2. The molecular formula is C21H24N2O4. The van der Waals surface area contributed by atoms with Crippen molar-refractivity contribution < 1.29 is 19.3 Å². The smallest absolute Gasteiger partial charge is 0.161 e. The molecule has 0 atom stereocenters. The van der Waals surface area contributed by atoms with Crippen LogP contribution in [0.15, 0.2) is 36.4 Å². The van der Waals surface area contributed by atoms with Gasteiger partial charge < -0.3 is 24.2 Å². The van der Waals surface area contributed by atoms with Gasteiger partial charge in [-0.15, -0.1) is 0 Å². The van der Waals surface area contributed by atoms with E-state index in [0.29, 0.717) is 22.8 Å². The first-order valence-electron chi connectivity index (χ1n) is 8.55. The second-order valence-corrected chi connectivity index (χ2v) is 6.31. The topological polar surface area (TPSA) is 64.0 Å². The van der Waals surface area contributed by atoms with Crippen molar-refractivity contribution in [3.05, 3.63) is 42.0 Å². The standard InChI is InChI=1S/C21H24N2O4/c1-23(2)21-16(13-8-9-17(25-3)18(11-13)26-4)10-14-6-7-15(12-24)20(27-5)19(14)22-21/h6-11,24H,12H2,1-5H3. The van der Waals surface area contributed by atoms with E-state index in [4.69, 9.17) is 19.2 Å². The zero-order chi connectivity index (χ0) is 19.6. The molecule has 0 unspecified atom stereocenters. The van der Waals surface area contributed by atoms with Crippen molar-refractivity contribution >= 4 is 16.7 Å². The molecule has 0 saturated heterocycles. The molecule has 1 heterocycles. The lowest BCUT2D eigenvalue weighted by molar-refractivity contribution is 0.274. The van der Waals surface area contributed by atoms with Crippen LogP contribution in [-0.2, 0) is 6.61 Å². The molecule has 6 nitrogen and oxygen atoms in total. The van der Waals surface area contributed by atoms with Crippen molar-refractivity contribution in [1.29, 1.82) is 0 Å². The molecular weight excluding hydrogens is 344 g/mol. The Labute approximate surface area is 158 Å². The summed E-state index contributed by atoms with van der Waals surface area (Å²) in [5.41, 5.74) is 3.36. The number of hydrogen-bond acceptors (Lipinski definition) is 6. The molecule has 3 aromatic rings. The maximum atomic E-state index is 9.58. The number of pyridine rings is 1. The van der Waals surface area contributed by atoms with Gasteiger partial charge in [0.25, 0.3) is 0 Å². The van der Waals surface area contributed by atoms with E-state index < -0.39 is 0 Å². The summed E-state index contributed by atoms with van der Waals surface area (Å²) in [5.74, 6) is 2.73. The van der Waals surface area contributed by atoms with Gasteiger partial charge in [-0.1, -0.05) is 18.2 Å². The number of anilines is 1. The van der Waals surface area contributed by atoms with Gasteiger partial charge in [0, 0.05) is 30.6 Å². The van der Waals surface area contributed by atoms with E-state index in [9.17, 15) is 5.11 Å². The van der Waals surface area contributed by atoms with Gasteiger partial charge >= 0.3 is 0 Å². The third kappa shape index (κ3) is 3.36. The Kier molecular flexibility index (Phi) is 5.37. The highest BCUT2D eigenvalue weighted by Gasteiger charge is 2.17. The summed E-state index contributed by atoms with van der Waals surface area (Å²) in [6.07, 6.45) is 0. The minimum absolute atomic E-state index is 0.102. The van der Waals surface area contributed by atoms with Gasteiger partial charge in [-0.25, -0.2) is 4.98 Å². The minimum atomic E-state index is -0.102. The Morgan fingerprint density at radius 1 is 0.926 bits per heavy atom. The molecule has 0 aliphatic carbocycles. The molecule has 0 bridgehead atoms. The SMILES string of the molecule is COc1ccc(-c2cc3ccc(CO)c(OC)c3nc2N(C)C)cc1OC. The second kappa shape index (κ2) is 7.72. The molecule has 0 fully saturated rings. The third-order valence-electron chi connectivity index (χ3n) is 4.50. The van der Waals surface area contributed by atoms with E-state index in [1.54, 1.807) is 21.3 Å². The maximum absolute atomic E-state index is 9.58. The van der Waals surface area contributed by atoms with Crippen LogP contribution in [0.25, 0.3) is 22.0 Å². The molecule has 1 N–H and O–H groups in total. The molecule has 1 aromatic heterocycles. The predicted octanol–water partition coefficient (Wildman–Crippen LogP) is 3.49. The Hall–Kier alpha value is -2.99. The van der Waals surface area contributed by atoms with Gasteiger partial charge in [0.2, 0.25) is 0 Å². The van der Waals surface area contributed by atoms with Crippen molar-refractivity contribution in [2.24, 2.45) is 0 Å². The van der Waals surface area contributed by atoms with Gasteiger partial charge in [-0.2, -0.15) is 0 Å². The van der Waals surface area contributed by atoms with E-state index >= 15 is 0 Å². The first-order valence-corrected chi connectivity index (χ1v) is 8.55. The summed E-state index contributed by atoms with van der Waals surface area (Å²) in [6, 6.07) is 11.7. The fourth-order valence-electron chi connectivity index (χ4n) is 3.16. The second-order valence-electron chi connectivity index (χ2n) is 6.31. The number of benzene rings is 2. The van der Waals surface area contributed by atoms with Crippen molar-refractivity contribution in [1.82, 2.24) is 4.98 Å². The van der Waals surface area contributed by atoms with Crippen molar-refractivity contribution in [3.63, 3.8) is 0 Å². The average molecular weight is 368 g/mol. The van der Waals surface area contributed by atoms with Crippen LogP contribution in [0, 0.1) is 0 Å². The molecule has 142 valence electrons. The molecule has 0 saturated carbocycles. The number of methoxy groups -OCH3 is 3. The lowest BCUT2D eigenvalue weighted by Gasteiger charge is -2.20. The first-order chi connectivity index (χ1) is 13.0. The van der Waals surface area contributed by atoms with Crippen molar-refractivity contribution in [3.8, 4) is 28.4 Å². The summed E-state index contributed by atoms with van der Waals surface area (Å²) in [7, 11) is 8.72. The Morgan fingerprint density at radius 2 is 1.67 bits per heavy atom. The fourth-order valence-corrected chi connectivity index (χ4v) is 3.16. The van der Waals surface area contributed by atoms with Crippen LogP contribution < -0.4 is 19.1 Å². The maximum Gasteiger partial charge on any atom is 0.161 e. The van der Waals surface area contributed by atoms with E-state index in [1.807, 2.05) is 49.3 Å². The van der Waals surface area contributed by atoms with Crippen LogP contribution >= 0.6 is 0 Å². The van der Waals surface area contributed by atoms with Crippen molar-refractivity contribution in [2.75, 3.05) is 40.3 Å². The predicted molar refractivity (Wildman–Crippen MR) is 107 cm³/mol. The Balaban J connectivity index is 2.28. The van der Waals surface area contributed by atoms with Crippen LogP contribution in [0.3, 0.4) is 0 Å². The Bertz CT molecular complexity index is 970. The number of ether oxygens (including phenoxy) is 3. The van der Waals surface area contributed by atoms with E-state index in [-0.39, 0.29) is 6.61 Å². The number of aromatic nitrogens is 1. The largest absolute Gasteiger partial charge is 0.494 e. The third-order valence-corrected chi connectivity index (χ3v) is 4.50. The van der Waals surface area contributed by atoms with E-state index in [0.717, 1.165) is 27.8 Å². The van der Waals surface area contributed by atoms with Gasteiger partial charge in [-0.3, -0.25) is 0 Å². The van der Waals surface area contributed by atoms with Crippen LogP contribution in [0.2, 0.25) is 0 Å². The molecule has 0 aliphatic rings. The van der Waals surface area contributed by atoms with Gasteiger partial charge in [0.15, 0.2) is 17.2 Å².